The number of carbonyl (C=O) groups excluding carboxylic acids is 1. The van der Waals surface area contributed by atoms with Gasteiger partial charge in [-0.1, -0.05) is 22.9 Å². The number of amides is 1. The molecule has 1 rings (SSSR count). The van der Waals surface area contributed by atoms with Crippen molar-refractivity contribution in [1.82, 2.24) is 15.0 Å². The van der Waals surface area contributed by atoms with Crippen molar-refractivity contribution in [2.24, 2.45) is 0 Å². The molecule has 18 heavy (non-hydrogen) atoms. The van der Waals surface area contributed by atoms with Crippen LogP contribution in [0.1, 0.15) is 19.0 Å². The number of aryl methyl sites for hydroxylation is 1. The highest BCUT2D eigenvalue weighted by atomic mass is 35.5. The minimum Gasteiger partial charge on any atom is -0.356 e. The van der Waals surface area contributed by atoms with Crippen LogP contribution in [0.2, 0.25) is 4.47 Å². The van der Waals surface area contributed by atoms with E-state index in [4.69, 9.17) is 11.6 Å². The molecule has 2 N–H and O–H groups in total. The molecule has 0 saturated carbocycles. The third kappa shape index (κ3) is 4.20. The first-order valence-corrected chi connectivity index (χ1v) is 7.94. The number of thiazole rings is 1. The highest BCUT2D eigenvalue weighted by Gasteiger charge is 2.21. The van der Waals surface area contributed by atoms with Gasteiger partial charge < -0.3 is 5.32 Å². The first kappa shape index (κ1) is 15.4. The molecule has 1 heterocycles. The van der Waals surface area contributed by atoms with Crippen LogP contribution in [0.5, 0.6) is 0 Å². The molecule has 1 amide bonds. The third-order valence-electron chi connectivity index (χ3n) is 1.99. The first-order chi connectivity index (χ1) is 8.36. The minimum absolute atomic E-state index is 0.0448. The molecular weight excluding hydrogens is 298 g/mol. The van der Waals surface area contributed by atoms with Gasteiger partial charge in [0.15, 0.2) is 8.68 Å². The van der Waals surface area contributed by atoms with Crippen molar-refractivity contribution in [3.05, 3.63) is 10.2 Å². The first-order valence-electron chi connectivity index (χ1n) is 5.26. The van der Waals surface area contributed by atoms with Crippen LogP contribution in [0.25, 0.3) is 0 Å². The van der Waals surface area contributed by atoms with E-state index in [-0.39, 0.29) is 27.5 Å². The van der Waals surface area contributed by atoms with E-state index >= 15 is 0 Å². The molecule has 0 unspecified atom stereocenters. The maximum atomic E-state index is 11.9. The van der Waals surface area contributed by atoms with Crippen LogP contribution >= 0.6 is 22.9 Å². The number of hydrogen-bond acceptors (Lipinski definition) is 5. The monoisotopic (exact) mass is 311 g/mol. The molecule has 0 aliphatic heterocycles. The number of halogens is 1. The molecule has 6 nitrogen and oxygen atoms in total. The molecule has 0 bridgehead atoms. The van der Waals surface area contributed by atoms with Crippen LogP contribution in [0, 0.1) is 6.92 Å². The Morgan fingerprint density at radius 3 is 2.67 bits per heavy atom. The summed E-state index contributed by atoms with van der Waals surface area (Å²) in [5.74, 6) is -0.195. The fourth-order valence-electron chi connectivity index (χ4n) is 1.25. The lowest BCUT2D eigenvalue weighted by atomic mass is 10.4. The number of nitrogens with one attached hydrogen (secondary N) is 2. The van der Waals surface area contributed by atoms with Gasteiger partial charge in [0.05, 0.1) is 5.69 Å². The Hall–Kier alpha value is -0.700. The van der Waals surface area contributed by atoms with Gasteiger partial charge in [-0.05, 0) is 13.8 Å². The molecule has 0 aliphatic carbocycles. The van der Waals surface area contributed by atoms with Gasteiger partial charge in [0.2, 0.25) is 5.91 Å². The summed E-state index contributed by atoms with van der Waals surface area (Å²) in [5, 5.41) is 2.58. The molecule has 0 aliphatic rings. The molecule has 0 aromatic carbocycles. The molecule has 102 valence electrons. The number of carbonyl (C=O) groups is 1. The summed E-state index contributed by atoms with van der Waals surface area (Å²) in [4.78, 5) is 15.0. The van der Waals surface area contributed by atoms with Crippen molar-refractivity contribution in [3.63, 3.8) is 0 Å². The molecule has 0 radical (unpaired) electrons. The standard InChI is InChI=1S/C9H14ClN3O3S2/c1-3-11-7(14)4-5-12-18(15,16)8-6(2)13-9(10)17-8/h12H,3-5H2,1-2H3,(H,11,14). The average molecular weight is 312 g/mol. The third-order valence-corrected chi connectivity index (χ3v) is 5.32. The summed E-state index contributed by atoms with van der Waals surface area (Å²) in [6.07, 6.45) is 0.0959. The zero-order valence-electron chi connectivity index (χ0n) is 9.99. The van der Waals surface area contributed by atoms with E-state index in [1.807, 2.05) is 0 Å². The predicted octanol–water partition coefficient (Wildman–Crippen LogP) is 0.909. The number of aromatic nitrogens is 1. The van der Waals surface area contributed by atoms with E-state index in [0.717, 1.165) is 11.3 Å². The minimum atomic E-state index is -3.64. The van der Waals surface area contributed by atoms with Gasteiger partial charge in [-0.25, -0.2) is 18.1 Å². The van der Waals surface area contributed by atoms with Crippen molar-refractivity contribution in [2.45, 2.75) is 24.5 Å². The van der Waals surface area contributed by atoms with E-state index in [9.17, 15) is 13.2 Å². The van der Waals surface area contributed by atoms with Crippen molar-refractivity contribution < 1.29 is 13.2 Å². The second kappa shape index (κ2) is 6.46. The SMILES string of the molecule is CCNC(=O)CCNS(=O)(=O)c1sc(Cl)nc1C. The highest BCUT2D eigenvalue weighted by Crippen LogP contribution is 2.26. The maximum absolute atomic E-state index is 11.9. The smallest absolute Gasteiger partial charge is 0.251 e. The predicted molar refractivity (Wildman–Crippen MR) is 70.4 cm³/mol. The number of hydrogen-bond donors (Lipinski definition) is 2. The summed E-state index contributed by atoms with van der Waals surface area (Å²) < 4.78 is 26.4. The zero-order chi connectivity index (χ0) is 13.8. The summed E-state index contributed by atoms with van der Waals surface area (Å²) in [6.45, 7) is 3.93. The zero-order valence-corrected chi connectivity index (χ0v) is 12.4. The Morgan fingerprint density at radius 2 is 2.17 bits per heavy atom. The van der Waals surface area contributed by atoms with E-state index in [1.165, 1.54) is 0 Å². The largest absolute Gasteiger partial charge is 0.356 e. The quantitative estimate of drug-likeness (QED) is 0.817. The number of sulfonamides is 1. The molecular formula is C9H14ClN3O3S2. The Kier molecular flexibility index (Phi) is 5.51. The Balaban J connectivity index is 2.61. The van der Waals surface area contributed by atoms with Gasteiger partial charge in [0.1, 0.15) is 0 Å². The second-order valence-electron chi connectivity index (χ2n) is 3.44. The average Bonchev–Trinajstić information content (AvgIpc) is 2.58. The van der Waals surface area contributed by atoms with Crippen molar-refractivity contribution in [1.29, 1.82) is 0 Å². The van der Waals surface area contributed by atoms with Gasteiger partial charge in [-0.15, -0.1) is 0 Å². The Bertz CT molecular complexity index is 527. The van der Waals surface area contributed by atoms with Crippen LogP contribution in [-0.2, 0) is 14.8 Å². The van der Waals surface area contributed by atoms with E-state index in [1.54, 1.807) is 13.8 Å². The van der Waals surface area contributed by atoms with Crippen molar-refractivity contribution in [2.75, 3.05) is 13.1 Å². The molecule has 0 fully saturated rings. The molecule has 9 heteroatoms. The van der Waals surface area contributed by atoms with Crippen molar-refractivity contribution >= 4 is 38.9 Å². The molecule has 0 atom stereocenters. The lowest BCUT2D eigenvalue weighted by molar-refractivity contribution is -0.120. The van der Waals surface area contributed by atoms with Gasteiger partial charge in [0, 0.05) is 19.5 Å². The van der Waals surface area contributed by atoms with Crippen LogP contribution in [0.4, 0.5) is 0 Å². The van der Waals surface area contributed by atoms with Crippen LogP contribution in [0.15, 0.2) is 4.21 Å². The summed E-state index contributed by atoms with van der Waals surface area (Å²) in [5.41, 5.74) is 0.357. The fraction of sp³-hybridized carbons (Fsp3) is 0.556. The summed E-state index contributed by atoms with van der Waals surface area (Å²) >= 11 is 6.54. The van der Waals surface area contributed by atoms with Gasteiger partial charge >= 0.3 is 0 Å². The second-order valence-corrected chi connectivity index (χ2v) is 6.98. The van der Waals surface area contributed by atoms with Crippen LogP contribution in [-0.4, -0.2) is 32.4 Å². The van der Waals surface area contributed by atoms with Gasteiger partial charge in [0.25, 0.3) is 10.0 Å². The molecule has 1 aromatic heterocycles. The fourth-order valence-corrected chi connectivity index (χ4v) is 4.06. The number of nitrogens with zero attached hydrogens (tertiary/aromatic N) is 1. The summed E-state index contributed by atoms with van der Waals surface area (Å²) in [6, 6.07) is 0. The Morgan fingerprint density at radius 1 is 1.50 bits per heavy atom. The maximum Gasteiger partial charge on any atom is 0.251 e. The lowest BCUT2D eigenvalue weighted by Crippen LogP contribution is -2.30. The molecule has 1 aromatic rings. The van der Waals surface area contributed by atoms with Gasteiger partial charge in [-0.2, -0.15) is 0 Å². The van der Waals surface area contributed by atoms with E-state index in [0.29, 0.717) is 12.2 Å². The van der Waals surface area contributed by atoms with Crippen molar-refractivity contribution in [3.8, 4) is 0 Å². The highest BCUT2D eigenvalue weighted by molar-refractivity contribution is 7.91. The van der Waals surface area contributed by atoms with Crippen LogP contribution < -0.4 is 10.0 Å². The van der Waals surface area contributed by atoms with Gasteiger partial charge in [-0.3, -0.25) is 4.79 Å². The molecule has 0 saturated heterocycles. The Labute approximate surface area is 115 Å². The normalized spacial score (nSPS) is 11.5. The van der Waals surface area contributed by atoms with E-state index in [2.05, 4.69) is 15.0 Å². The lowest BCUT2D eigenvalue weighted by Gasteiger charge is -2.05. The number of rotatable bonds is 6. The van der Waals surface area contributed by atoms with Crippen LogP contribution in [0.3, 0.4) is 0 Å². The topological polar surface area (TPSA) is 88.2 Å². The van der Waals surface area contributed by atoms with E-state index < -0.39 is 10.0 Å². The molecule has 0 spiro atoms. The summed E-state index contributed by atoms with van der Waals surface area (Å²) in [7, 11) is -3.64.